The van der Waals surface area contributed by atoms with Gasteiger partial charge in [-0.3, -0.25) is 0 Å². The molecule has 0 unspecified atom stereocenters. The quantitative estimate of drug-likeness (QED) is 0.885. The van der Waals surface area contributed by atoms with Crippen LogP contribution in [0.1, 0.15) is 5.56 Å². The molecule has 0 heterocycles. The average Bonchev–Trinajstić information content (AvgIpc) is 2.29. The minimum Gasteiger partial charge on any atom is -0.508 e. The summed E-state index contributed by atoms with van der Waals surface area (Å²) in [5, 5.41) is 9.42. The Morgan fingerprint density at radius 2 is 1.81 bits per heavy atom. The first-order valence-electron chi connectivity index (χ1n) is 4.98. The topological polar surface area (TPSA) is 46.2 Å². The molecule has 0 radical (unpaired) electrons. The Morgan fingerprint density at radius 3 is 2.50 bits per heavy atom. The van der Waals surface area contributed by atoms with Gasteiger partial charge in [-0.05, 0) is 41.0 Å². The maximum Gasteiger partial charge on any atom is 0.116 e. The van der Waals surface area contributed by atoms with Crippen LogP contribution in [0.25, 0.3) is 11.1 Å². The van der Waals surface area contributed by atoms with Gasteiger partial charge in [-0.15, -0.1) is 0 Å². The zero-order valence-corrected chi connectivity index (χ0v) is 10.2. The van der Waals surface area contributed by atoms with Crippen LogP contribution < -0.4 is 5.73 Å². The van der Waals surface area contributed by atoms with Gasteiger partial charge in [0.05, 0.1) is 0 Å². The van der Waals surface area contributed by atoms with Crippen molar-refractivity contribution in [1.29, 1.82) is 0 Å². The standard InChI is InChI=1S/C13H12BrNO/c14-13-5-4-10(6-11(13)8-15)9-2-1-3-12(16)7-9/h1-7,16H,8,15H2. The molecular formula is C13H12BrNO. The molecule has 0 aliphatic carbocycles. The van der Waals surface area contributed by atoms with Crippen molar-refractivity contribution in [2.24, 2.45) is 5.73 Å². The van der Waals surface area contributed by atoms with Crippen LogP contribution >= 0.6 is 15.9 Å². The van der Waals surface area contributed by atoms with Crippen LogP contribution in [-0.4, -0.2) is 5.11 Å². The highest BCUT2D eigenvalue weighted by molar-refractivity contribution is 9.10. The highest BCUT2D eigenvalue weighted by Crippen LogP contribution is 2.27. The number of phenolic OH excluding ortho intramolecular Hbond substituents is 1. The van der Waals surface area contributed by atoms with E-state index in [-0.39, 0.29) is 5.75 Å². The van der Waals surface area contributed by atoms with E-state index in [4.69, 9.17) is 5.73 Å². The molecule has 2 aromatic rings. The third-order valence-electron chi connectivity index (χ3n) is 2.45. The molecule has 2 aromatic carbocycles. The first-order valence-corrected chi connectivity index (χ1v) is 5.78. The molecule has 82 valence electrons. The van der Waals surface area contributed by atoms with Crippen molar-refractivity contribution in [1.82, 2.24) is 0 Å². The fourth-order valence-corrected chi connectivity index (χ4v) is 2.00. The summed E-state index contributed by atoms with van der Waals surface area (Å²) in [5.74, 6) is 0.273. The molecule has 0 bridgehead atoms. The summed E-state index contributed by atoms with van der Waals surface area (Å²) in [4.78, 5) is 0. The number of benzene rings is 2. The van der Waals surface area contributed by atoms with Gasteiger partial charge in [0.2, 0.25) is 0 Å². The molecule has 0 aromatic heterocycles. The normalized spacial score (nSPS) is 10.4. The maximum absolute atomic E-state index is 9.42. The van der Waals surface area contributed by atoms with Crippen LogP contribution in [0.5, 0.6) is 5.75 Å². The van der Waals surface area contributed by atoms with E-state index in [0.29, 0.717) is 6.54 Å². The minimum absolute atomic E-state index is 0.273. The first kappa shape index (κ1) is 11.2. The Balaban J connectivity index is 2.48. The second-order valence-electron chi connectivity index (χ2n) is 3.56. The summed E-state index contributed by atoms with van der Waals surface area (Å²) in [5.41, 5.74) is 8.75. The van der Waals surface area contributed by atoms with Gasteiger partial charge in [-0.25, -0.2) is 0 Å². The number of nitrogens with two attached hydrogens (primary N) is 1. The summed E-state index contributed by atoms with van der Waals surface area (Å²) in [6, 6.07) is 13.2. The zero-order chi connectivity index (χ0) is 11.5. The van der Waals surface area contributed by atoms with Crippen molar-refractivity contribution in [2.45, 2.75) is 6.54 Å². The van der Waals surface area contributed by atoms with Gasteiger partial charge in [0.1, 0.15) is 5.75 Å². The van der Waals surface area contributed by atoms with Gasteiger partial charge in [-0.2, -0.15) is 0 Å². The van der Waals surface area contributed by atoms with Crippen molar-refractivity contribution >= 4 is 15.9 Å². The molecule has 3 heteroatoms. The Hall–Kier alpha value is -1.32. The molecule has 0 fully saturated rings. The van der Waals surface area contributed by atoms with Gasteiger partial charge in [0.15, 0.2) is 0 Å². The van der Waals surface area contributed by atoms with Gasteiger partial charge in [0, 0.05) is 11.0 Å². The molecule has 2 rings (SSSR count). The van der Waals surface area contributed by atoms with Crippen molar-refractivity contribution in [3.63, 3.8) is 0 Å². The van der Waals surface area contributed by atoms with Crippen molar-refractivity contribution < 1.29 is 5.11 Å². The monoisotopic (exact) mass is 277 g/mol. The summed E-state index contributed by atoms with van der Waals surface area (Å²) in [7, 11) is 0. The molecule has 0 aliphatic heterocycles. The number of hydrogen-bond donors (Lipinski definition) is 2. The average molecular weight is 278 g/mol. The minimum atomic E-state index is 0.273. The van der Waals surface area contributed by atoms with Crippen LogP contribution in [-0.2, 0) is 6.54 Å². The van der Waals surface area contributed by atoms with E-state index in [1.807, 2.05) is 30.3 Å². The Kier molecular flexibility index (Phi) is 3.27. The Bertz CT molecular complexity index is 511. The van der Waals surface area contributed by atoms with E-state index in [2.05, 4.69) is 15.9 Å². The van der Waals surface area contributed by atoms with Crippen LogP contribution in [0.15, 0.2) is 46.9 Å². The summed E-state index contributed by atoms with van der Waals surface area (Å²) in [6.45, 7) is 0.493. The number of hydrogen-bond acceptors (Lipinski definition) is 2. The number of halogens is 1. The second kappa shape index (κ2) is 4.68. The zero-order valence-electron chi connectivity index (χ0n) is 8.65. The molecule has 0 aliphatic rings. The van der Waals surface area contributed by atoms with Gasteiger partial charge >= 0.3 is 0 Å². The van der Waals surface area contributed by atoms with E-state index in [1.54, 1.807) is 12.1 Å². The molecule has 0 amide bonds. The molecule has 0 spiro atoms. The molecule has 16 heavy (non-hydrogen) atoms. The number of phenols is 1. The number of rotatable bonds is 2. The molecular weight excluding hydrogens is 266 g/mol. The highest BCUT2D eigenvalue weighted by Gasteiger charge is 2.02. The van der Waals surface area contributed by atoms with E-state index in [0.717, 1.165) is 21.2 Å². The predicted molar refractivity (Wildman–Crippen MR) is 69.1 cm³/mol. The van der Waals surface area contributed by atoms with E-state index < -0.39 is 0 Å². The summed E-state index contributed by atoms with van der Waals surface area (Å²) < 4.78 is 1.01. The van der Waals surface area contributed by atoms with E-state index in [1.165, 1.54) is 0 Å². The van der Waals surface area contributed by atoms with Crippen LogP contribution in [0.2, 0.25) is 0 Å². The molecule has 2 nitrogen and oxygen atoms in total. The molecule has 0 atom stereocenters. The highest BCUT2D eigenvalue weighted by atomic mass is 79.9. The van der Waals surface area contributed by atoms with Crippen LogP contribution in [0, 0.1) is 0 Å². The maximum atomic E-state index is 9.42. The number of aromatic hydroxyl groups is 1. The summed E-state index contributed by atoms with van der Waals surface area (Å²) >= 11 is 3.45. The smallest absolute Gasteiger partial charge is 0.116 e. The lowest BCUT2D eigenvalue weighted by atomic mass is 10.0. The van der Waals surface area contributed by atoms with Gasteiger partial charge in [0.25, 0.3) is 0 Å². The molecule has 3 N–H and O–H groups in total. The Labute approximate surface area is 103 Å². The van der Waals surface area contributed by atoms with Gasteiger partial charge in [-0.1, -0.05) is 34.1 Å². The Morgan fingerprint density at radius 1 is 1.06 bits per heavy atom. The van der Waals surface area contributed by atoms with Crippen molar-refractivity contribution in [2.75, 3.05) is 0 Å². The fraction of sp³-hybridized carbons (Fsp3) is 0.0769. The second-order valence-corrected chi connectivity index (χ2v) is 4.41. The van der Waals surface area contributed by atoms with E-state index in [9.17, 15) is 5.11 Å². The molecule has 0 saturated carbocycles. The van der Waals surface area contributed by atoms with Crippen molar-refractivity contribution in [3.8, 4) is 16.9 Å². The fourth-order valence-electron chi connectivity index (χ4n) is 1.60. The largest absolute Gasteiger partial charge is 0.508 e. The predicted octanol–water partition coefficient (Wildman–Crippen LogP) is 3.28. The van der Waals surface area contributed by atoms with Crippen LogP contribution in [0.3, 0.4) is 0 Å². The lowest BCUT2D eigenvalue weighted by molar-refractivity contribution is 0.475. The van der Waals surface area contributed by atoms with Crippen LogP contribution in [0.4, 0.5) is 0 Å². The van der Waals surface area contributed by atoms with Crippen molar-refractivity contribution in [3.05, 3.63) is 52.5 Å². The lowest BCUT2D eigenvalue weighted by Gasteiger charge is -2.06. The third kappa shape index (κ3) is 2.26. The van der Waals surface area contributed by atoms with Gasteiger partial charge < -0.3 is 10.8 Å². The lowest BCUT2D eigenvalue weighted by Crippen LogP contribution is -1.97. The SMILES string of the molecule is NCc1cc(-c2cccc(O)c2)ccc1Br. The molecule has 0 saturated heterocycles. The third-order valence-corrected chi connectivity index (χ3v) is 3.22. The first-order chi connectivity index (χ1) is 7.70. The van der Waals surface area contributed by atoms with E-state index >= 15 is 0 Å². The summed E-state index contributed by atoms with van der Waals surface area (Å²) in [6.07, 6.45) is 0.